The summed E-state index contributed by atoms with van der Waals surface area (Å²) < 4.78 is 53.7. The fourth-order valence-electron chi connectivity index (χ4n) is 3.24. The molecule has 4 rings (SSSR count). The summed E-state index contributed by atoms with van der Waals surface area (Å²) in [5.41, 5.74) is 0.403. The normalized spacial score (nSPS) is 11.4. The van der Waals surface area contributed by atoms with Gasteiger partial charge in [-0.25, -0.2) is 9.18 Å². The third-order valence-electron chi connectivity index (χ3n) is 4.99. The highest BCUT2D eigenvalue weighted by atomic mass is 35.5. The van der Waals surface area contributed by atoms with Gasteiger partial charge in [-0.1, -0.05) is 53.2 Å². The number of urea groups is 1. The standard InChI is InChI=1S/C24H17Cl2F4N5OS/c25-16-6-9-19(26)20(11-16)35-21(33-34-23(35)37-13-14-4-7-17(27)8-5-14)12-31-22(36)32-18-3-1-2-15(10-18)24(28,29)30/h1-11H,12-13H2,(H2,31,32,36). The Hall–Kier alpha value is -3.28. The zero-order chi connectivity index (χ0) is 26.6. The van der Waals surface area contributed by atoms with Crippen molar-refractivity contribution in [1.29, 1.82) is 0 Å². The molecule has 0 aliphatic rings. The van der Waals surface area contributed by atoms with Crippen molar-refractivity contribution in [2.45, 2.75) is 23.6 Å². The largest absolute Gasteiger partial charge is 0.416 e. The number of thioether (sulfide) groups is 1. The number of carbonyl (C=O) groups is 1. The maximum Gasteiger partial charge on any atom is 0.416 e. The van der Waals surface area contributed by atoms with Gasteiger partial charge in [0.1, 0.15) is 5.82 Å². The van der Waals surface area contributed by atoms with Crippen LogP contribution in [0.1, 0.15) is 17.0 Å². The Kier molecular flexibility index (Phi) is 8.25. The molecule has 0 saturated heterocycles. The van der Waals surface area contributed by atoms with Crippen LogP contribution >= 0.6 is 35.0 Å². The van der Waals surface area contributed by atoms with E-state index >= 15 is 0 Å². The van der Waals surface area contributed by atoms with Gasteiger partial charge in [-0.15, -0.1) is 10.2 Å². The topological polar surface area (TPSA) is 71.8 Å². The number of nitrogens with one attached hydrogen (secondary N) is 2. The summed E-state index contributed by atoms with van der Waals surface area (Å²) in [6, 6.07) is 14.4. The monoisotopic (exact) mass is 569 g/mol. The predicted molar refractivity (Wildman–Crippen MR) is 135 cm³/mol. The molecule has 0 spiro atoms. The van der Waals surface area contributed by atoms with Crippen molar-refractivity contribution in [2.75, 3.05) is 5.32 Å². The number of hydrogen-bond acceptors (Lipinski definition) is 4. The van der Waals surface area contributed by atoms with Gasteiger partial charge in [0.2, 0.25) is 0 Å². The van der Waals surface area contributed by atoms with Crippen LogP contribution in [0.15, 0.2) is 71.9 Å². The summed E-state index contributed by atoms with van der Waals surface area (Å²) in [6.45, 7) is -0.127. The minimum atomic E-state index is -4.54. The lowest BCUT2D eigenvalue weighted by molar-refractivity contribution is -0.137. The van der Waals surface area contributed by atoms with Crippen molar-refractivity contribution in [1.82, 2.24) is 20.1 Å². The van der Waals surface area contributed by atoms with Crippen molar-refractivity contribution >= 4 is 46.7 Å². The summed E-state index contributed by atoms with van der Waals surface area (Å²) in [7, 11) is 0. The Morgan fingerprint density at radius 1 is 1.00 bits per heavy atom. The lowest BCUT2D eigenvalue weighted by Crippen LogP contribution is -2.29. The van der Waals surface area contributed by atoms with Crippen LogP contribution in [-0.2, 0) is 18.5 Å². The molecule has 4 aromatic rings. The average molecular weight is 570 g/mol. The van der Waals surface area contributed by atoms with Crippen LogP contribution in [0.5, 0.6) is 0 Å². The minimum absolute atomic E-state index is 0.0257. The number of anilines is 1. The van der Waals surface area contributed by atoms with Crippen molar-refractivity contribution in [3.63, 3.8) is 0 Å². The smallest absolute Gasteiger partial charge is 0.331 e. The van der Waals surface area contributed by atoms with Crippen LogP contribution in [0.4, 0.5) is 28.0 Å². The Morgan fingerprint density at radius 3 is 2.49 bits per heavy atom. The van der Waals surface area contributed by atoms with Crippen molar-refractivity contribution < 1.29 is 22.4 Å². The molecule has 192 valence electrons. The van der Waals surface area contributed by atoms with E-state index in [9.17, 15) is 22.4 Å². The second-order valence-corrected chi connectivity index (χ2v) is 9.42. The molecule has 2 amide bonds. The number of nitrogens with zero attached hydrogens (tertiary/aromatic N) is 3. The molecule has 0 radical (unpaired) electrons. The average Bonchev–Trinajstić information content (AvgIpc) is 3.26. The van der Waals surface area contributed by atoms with E-state index in [-0.39, 0.29) is 18.0 Å². The minimum Gasteiger partial charge on any atom is -0.331 e. The number of halogens is 6. The molecule has 0 aliphatic heterocycles. The van der Waals surface area contributed by atoms with Crippen LogP contribution in [0.2, 0.25) is 10.0 Å². The van der Waals surface area contributed by atoms with E-state index in [0.29, 0.717) is 32.5 Å². The van der Waals surface area contributed by atoms with E-state index in [0.717, 1.165) is 17.7 Å². The molecular formula is C24H17Cl2F4N5OS. The van der Waals surface area contributed by atoms with Gasteiger partial charge in [0.25, 0.3) is 0 Å². The first-order valence-corrected chi connectivity index (χ1v) is 12.3. The van der Waals surface area contributed by atoms with Crippen LogP contribution in [-0.4, -0.2) is 20.8 Å². The molecule has 0 fully saturated rings. The maximum absolute atomic E-state index is 13.2. The van der Waals surface area contributed by atoms with Crippen molar-refractivity contribution in [3.05, 3.63) is 99.5 Å². The van der Waals surface area contributed by atoms with E-state index < -0.39 is 17.8 Å². The van der Waals surface area contributed by atoms with Crippen LogP contribution in [0.3, 0.4) is 0 Å². The number of aromatic nitrogens is 3. The molecule has 37 heavy (non-hydrogen) atoms. The van der Waals surface area contributed by atoms with E-state index in [4.69, 9.17) is 23.2 Å². The van der Waals surface area contributed by atoms with Crippen LogP contribution < -0.4 is 10.6 Å². The highest BCUT2D eigenvalue weighted by Gasteiger charge is 2.30. The Morgan fingerprint density at radius 2 is 1.76 bits per heavy atom. The first-order chi connectivity index (χ1) is 17.6. The fraction of sp³-hybridized carbons (Fsp3) is 0.125. The summed E-state index contributed by atoms with van der Waals surface area (Å²) in [5.74, 6) is 0.393. The summed E-state index contributed by atoms with van der Waals surface area (Å²) in [6.07, 6.45) is -4.54. The molecule has 2 N–H and O–H groups in total. The molecule has 13 heteroatoms. The summed E-state index contributed by atoms with van der Waals surface area (Å²) in [5, 5.41) is 14.5. The third kappa shape index (κ3) is 6.94. The molecule has 1 heterocycles. The van der Waals surface area contributed by atoms with E-state index in [2.05, 4.69) is 20.8 Å². The van der Waals surface area contributed by atoms with E-state index in [1.165, 1.54) is 36.0 Å². The van der Waals surface area contributed by atoms with Gasteiger partial charge in [-0.05, 0) is 54.1 Å². The first-order valence-electron chi connectivity index (χ1n) is 10.6. The van der Waals surface area contributed by atoms with Gasteiger partial charge in [0.15, 0.2) is 11.0 Å². The van der Waals surface area contributed by atoms with Gasteiger partial charge < -0.3 is 10.6 Å². The van der Waals surface area contributed by atoms with Gasteiger partial charge in [-0.3, -0.25) is 4.57 Å². The quantitative estimate of drug-likeness (QED) is 0.180. The molecule has 1 aromatic heterocycles. The van der Waals surface area contributed by atoms with Gasteiger partial charge in [0, 0.05) is 16.5 Å². The summed E-state index contributed by atoms with van der Waals surface area (Å²) in [4.78, 5) is 12.4. The third-order valence-corrected chi connectivity index (χ3v) is 6.54. The molecule has 0 aliphatic carbocycles. The number of alkyl halides is 3. The van der Waals surface area contributed by atoms with Gasteiger partial charge in [-0.2, -0.15) is 13.2 Å². The SMILES string of the molecule is O=C(NCc1nnc(SCc2ccc(F)cc2)n1-c1cc(Cl)ccc1Cl)Nc1cccc(C(F)(F)F)c1. The van der Waals surface area contributed by atoms with E-state index in [1.807, 2.05) is 0 Å². The molecule has 0 atom stereocenters. The molecule has 6 nitrogen and oxygen atoms in total. The maximum atomic E-state index is 13.2. The highest BCUT2D eigenvalue weighted by Crippen LogP contribution is 2.32. The number of hydrogen-bond donors (Lipinski definition) is 2. The molecular weight excluding hydrogens is 553 g/mol. The zero-order valence-electron chi connectivity index (χ0n) is 18.7. The first kappa shape index (κ1) is 26.8. The Labute approximate surface area is 223 Å². The van der Waals surface area contributed by atoms with Gasteiger partial charge in [0.05, 0.1) is 22.8 Å². The van der Waals surface area contributed by atoms with Crippen molar-refractivity contribution in [3.8, 4) is 5.69 Å². The Bertz CT molecular complexity index is 1410. The lowest BCUT2D eigenvalue weighted by Gasteiger charge is -2.14. The number of rotatable bonds is 7. The number of benzene rings is 3. The zero-order valence-corrected chi connectivity index (χ0v) is 21.0. The van der Waals surface area contributed by atoms with Crippen molar-refractivity contribution in [2.24, 2.45) is 0 Å². The van der Waals surface area contributed by atoms with Gasteiger partial charge >= 0.3 is 12.2 Å². The second kappa shape index (κ2) is 11.4. The lowest BCUT2D eigenvalue weighted by atomic mass is 10.2. The van der Waals surface area contributed by atoms with Crippen LogP contribution in [0.25, 0.3) is 5.69 Å². The fourth-order valence-corrected chi connectivity index (χ4v) is 4.53. The molecule has 3 aromatic carbocycles. The predicted octanol–water partition coefficient (Wildman–Crippen LogP) is 7.35. The number of carbonyl (C=O) groups excluding carboxylic acids is 1. The number of amides is 2. The second-order valence-electron chi connectivity index (χ2n) is 7.63. The summed E-state index contributed by atoms with van der Waals surface area (Å²) >= 11 is 13.9. The van der Waals surface area contributed by atoms with E-state index in [1.54, 1.807) is 34.9 Å². The highest BCUT2D eigenvalue weighted by molar-refractivity contribution is 7.98. The molecule has 0 bridgehead atoms. The molecule has 0 saturated carbocycles. The molecule has 0 unspecified atom stereocenters. The van der Waals surface area contributed by atoms with Crippen LogP contribution in [0, 0.1) is 5.82 Å². The Balaban J connectivity index is 1.53.